The van der Waals surface area contributed by atoms with E-state index in [0.717, 1.165) is 23.2 Å². The van der Waals surface area contributed by atoms with Gasteiger partial charge in [-0.15, -0.1) is 11.8 Å². The van der Waals surface area contributed by atoms with Crippen molar-refractivity contribution in [3.63, 3.8) is 0 Å². The lowest BCUT2D eigenvalue weighted by molar-refractivity contribution is -0.123. The SMILES string of the molecule is O=C(NCC1CC1)C1CSCN1S(=O)(=O)c1cccc(F)c1. The van der Waals surface area contributed by atoms with Gasteiger partial charge in [-0.2, -0.15) is 4.31 Å². The van der Waals surface area contributed by atoms with Gasteiger partial charge in [-0.1, -0.05) is 6.07 Å². The second-order valence-electron chi connectivity index (χ2n) is 5.55. The lowest BCUT2D eigenvalue weighted by Crippen LogP contribution is -2.47. The number of rotatable bonds is 5. The van der Waals surface area contributed by atoms with Gasteiger partial charge in [0.1, 0.15) is 11.9 Å². The second-order valence-corrected chi connectivity index (χ2v) is 8.44. The highest BCUT2D eigenvalue weighted by Crippen LogP contribution is 2.30. The number of amides is 1. The molecule has 22 heavy (non-hydrogen) atoms. The molecular weight excluding hydrogens is 327 g/mol. The molecule has 120 valence electrons. The third kappa shape index (κ3) is 3.28. The number of nitrogens with one attached hydrogen (secondary N) is 1. The average molecular weight is 344 g/mol. The minimum absolute atomic E-state index is 0.116. The van der Waals surface area contributed by atoms with Crippen molar-refractivity contribution in [3.8, 4) is 0 Å². The Morgan fingerprint density at radius 3 is 2.86 bits per heavy atom. The van der Waals surface area contributed by atoms with E-state index in [1.807, 2.05) is 0 Å². The Labute approximate surface area is 133 Å². The highest BCUT2D eigenvalue weighted by atomic mass is 32.2. The molecule has 1 aromatic carbocycles. The summed E-state index contributed by atoms with van der Waals surface area (Å²) in [5, 5.41) is 2.82. The van der Waals surface area contributed by atoms with Crippen molar-refractivity contribution in [3.05, 3.63) is 30.1 Å². The molecule has 1 aliphatic heterocycles. The highest BCUT2D eigenvalue weighted by Gasteiger charge is 2.40. The van der Waals surface area contributed by atoms with Crippen LogP contribution in [0.15, 0.2) is 29.2 Å². The van der Waals surface area contributed by atoms with Crippen LogP contribution in [0.2, 0.25) is 0 Å². The number of thioether (sulfide) groups is 1. The molecule has 1 unspecified atom stereocenters. The molecule has 8 heteroatoms. The van der Waals surface area contributed by atoms with Gasteiger partial charge in [0, 0.05) is 12.3 Å². The predicted molar refractivity (Wildman–Crippen MR) is 82.3 cm³/mol. The van der Waals surface area contributed by atoms with Crippen molar-refractivity contribution in [2.24, 2.45) is 5.92 Å². The Bertz CT molecular complexity index is 676. The summed E-state index contributed by atoms with van der Waals surface area (Å²) in [6.07, 6.45) is 2.23. The first kappa shape index (κ1) is 15.8. The van der Waals surface area contributed by atoms with Crippen LogP contribution in [-0.4, -0.2) is 42.8 Å². The zero-order valence-corrected chi connectivity index (χ0v) is 13.5. The van der Waals surface area contributed by atoms with Gasteiger partial charge in [0.15, 0.2) is 0 Å². The van der Waals surface area contributed by atoms with E-state index in [-0.39, 0.29) is 16.7 Å². The van der Waals surface area contributed by atoms with Crippen LogP contribution in [0.5, 0.6) is 0 Å². The minimum Gasteiger partial charge on any atom is -0.354 e. The molecule has 2 aliphatic rings. The van der Waals surface area contributed by atoms with Crippen LogP contribution in [0.4, 0.5) is 4.39 Å². The molecule has 1 N–H and O–H groups in total. The molecule has 1 atom stereocenters. The molecule has 1 aliphatic carbocycles. The Balaban J connectivity index is 1.77. The molecule has 3 rings (SSSR count). The molecule has 1 heterocycles. The first-order valence-electron chi connectivity index (χ1n) is 7.11. The summed E-state index contributed by atoms with van der Waals surface area (Å²) >= 11 is 1.39. The fraction of sp³-hybridized carbons (Fsp3) is 0.500. The van der Waals surface area contributed by atoms with Crippen LogP contribution in [0, 0.1) is 11.7 Å². The van der Waals surface area contributed by atoms with Gasteiger partial charge >= 0.3 is 0 Å². The highest BCUT2D eigenvalue weighted by molar-refractivity contribution is 8.00. The van der Waals surface area contributed by atoms with Crippen LogP contribution in [0.25, 0.3) is 0 Å². The number of hydrogen-bond donors (Lipinski definition) is 1. The van der Waals surface area contributed by atoms with E-state index in [2.05, 4.69) is 5.32 Å². The number of carbonyl (C=O) groups is 1. The number of benzene rings is 1. The maximum absolute atomic E-state index is 13.3. The lowest BCUT2D eigenvalue weighted by atomic mass is 10.3. The second kappa shape index (κ2) is 6.17. The van der Waals surface area contributed by atoms with Crippen LogP contribution in [0.3, 0.4) is 0 Å². The van der Waals surface area contributed by atoms with Gasteiger partial charge in [0.25, 0.3) is 0 Å². The van der Waals surface area contributed by atoms with Crippen LogP contribution < -0.4 is 5.32 Å². The summed E-state index contributed by atoms with van der Waals surface area (Å²) < 4.78 is 39.7. The van der Waals surface area contributed by atoms with Gasteiger partial charge in [-0.3, -0.25) is 4.79 Å². The number of halogens is 1. The van der Waals surface area contributed by atoms with Crippen molar-refractivity contribution in [1.29, 1.82) is 0 Å². The summed E-state index contributed by atoms with van der Waals surface area (Å²) in [6, 6.07) is 4.15. The smallest absolute Gasteiger partial charge is 0.244 e. The van der Waals surface area contributed by atoms with Gasteiger partial charge in [-0.05, 0) is 37.0 Å². The zero-order chi connectivity index (χ0) is 15.7. The molecule has 1 saturated heterocycles. The average Bonchev–Trinajstić information content (AvgIpc) is 3.18. The molecule has 0 radical (unpaired) electrons. The fourth-order valence-electron chi connectivity index (χ4n) is 2.32. The lowest BCUT2D eigenvalue weighted by Gasteiger charge is -2.22. The summed E-state index contributed by atoms with van der Waals surface area (Å²) in [5.74, 6) is 0.289. The van der Waals surface area contributed by atoms with Crippen LogP contribution in [0.1, 0.15) is 12.8 Å². The Hall–Kier alpha value is -1.12. The van der Waals surface area contributed by atoms with Crippen molar-refractivity contribution in [2.75, 3.05) is 18.2 Å². The van der Waals surface area contributed by atoms with E-state index in [9.17, 15) is 17.6 Å². The quantitative estimate of drug-likeness (QED) is 0.877. The largest absolute Gasteiger partial charge is 0.354 e. The van der Waals surface area contributed by atoms with Crippen LogP contribution >= 0.6 is 11.8 Å². The minimum atomic E-state index is -3.87. The predicted octanol–water partition coefficient (Wildman–Crippen LogP) is 1.42. The normalized spacial score (nSPS) is 22.7. The third-order valence-corrected chi connectivity index (χ3v) is 6.84. The number of sulfonamides is 1. The summed E-state index contributed by atoms with van der Waals surface area (Å²) in [4.78, 5) is 12.1. The van der Waals surface area contributed by atoms with Crippen molar-refractivity contribution in [2.45, 2.75) is 23.8 Å². The van der Waals surface area contributed by atoms with Crippen LogP contribution in [-0.2, 0) is 14.8 Å². The fourth-order valence-corrected chi connectivity index (χ4v) is 5.50. The Morgan fingerprint density at radius 2 is 2.18 bits per heavy atom. The zero-order valence-electron chi connectivity index (χ0n) is 11.9. The van der Waals surface area contributed by atoms with Gasteiger partial charge in [0.2, 0.25) is 15.9 Å². The molecule has 0 spiro atoms. The first-order valence-corrected chi connectivity index (χ1v) is 9.71. The van der Waals surface area contributed by atoms with E-state index in [0.29, 0.717) is 18.2 Å². The topological polar surface area (TPSA) is 66.5 Å². The van der Waals surface area contributed by atoms with Crippen molar-refractivity contribution in [1.82, 2.24) is 9.62 Å². The number of nitrogens with zero attached hydrogens (tertiary/aromatic N) is 1. The van der Waals surface area contributed by atoms with E-state index in [1.165, 1.54) is 30.0 Å². The molecular formula is C14H17FN2O3S2. The van der Waals surface area contributed by atoms with Gasteiger partial charge in [0.05, 0.1) is 10.8 Å². The van der Waals surface area contributed by atoms with E-state index >= 15 is 0 Å². The van der Waals surface area contributed by atoms with E-state index < -0.39 is 21.9 Å². The number of carbonyl (C=O) groups excluding carboxylic acids is 1. The summed E-state index contributed by atoms with van der Waals surface area (Å²) in [7, 11) is -3.87. The molecule has 1 saturated carbocycles. The van der Waals surface area contributed by atoms with Gasteiger partial charge < -0.3 is 5.32 Å². The summed E-state index contributed by atoms with van der Waals surface area (Å²) in [5.41, 5.74) is 0. The molecule has 2 fully saturated rings. The molecule has 1 amide bonds. The standard InChI is InChI=1S/C14H17FN2O3S2/c15-11-2-1-3-12(6-11)22(19,20)17-9-21-8-13(17)14(18)16-7-10-4-5-10/h1-3,6,10,13H,4-5,7-9H2,(H,16,18). The summed E-state index contributed by atoms with van der Waals surface area (Å²) in [6.45, 7) is 0.605. The van der Waals surface area contributed by atoms with Crippen molar-refractivity contribution >= 4 is 27.7 Å². The monoisotopic (exact) mass is 344 g/mol. The molecule has 5 nitrogen and oxygen atoms in total. The number of hydrogen-bond acceptors (Lipinski definition) is 4. The Kier molecular flexibility index (Phi) is 4.42. The molecule has 0 bridgehead atoms. The molecule has 1 aromatic rings. The van der Waals surface area contributed by atoms with Crippen molar-refractivity contribution < 1.29 is 17.6 Å². The first-order chi connectivity index (χ1) is 10.5. The maximum Gasteiger partial charge on any atom is 0.244 e. The third-order valence-electron chi connectivity index (χ3n) is 3.81. The van der Waals surface area contributed by atoms with Gasteiger partial charge in [-0.25, -0.2) is 12.8 Å². The van der Waals surface area contributed by atoms with E-state index in [4.69, 9.17) is 0 Å². The van der Waals surface area contributed by atoms with E-state index in [1.54, 1.807) is 0 Å². The maximum atomic E-state index is 13.3. The molecule has 0 aromatic heterocycles. The Morgan fingerprint density at radius 1 is 1.41 bits per heavy atom.